The van der Waals surface area contributed by atoms with Crippen LogP contribution in [0.25, 0.3) is 10.8 Å². The second-order valence-electron chi connectivity index (χ2n) is 7.10. The first-order chi connectivity index (χ1) is 14.9. The van der Waals surface area contributed by atoms with Crippen LogP contribution in [0.5, 0.6) is 0 Å². The van der Waals surface area contributed by atoms with Crippen molar-refractivity contribution in [3.8, 4) is 0 Å². The molecule has 3 aromatic rings. The van der Waals surface area contributed by atoms with Gasteiger partial charge in [-0.2, -0.15) is 15.4 Å². The van der Waals surface area contributed by atoms with Crippen LogP contribution in [0.3, 0.4) is 0 Å². The van der Waals surface area contributed by atoms with Gasteiger partial charge in [0.2, 0.25) is 0 Å². The molecule has 0 bridgehead atoms. The van der Waals surface area contributed by atoms with Gasteiger partial charge in [-0.15, -0.1) is 0 Å². The lowest BCUT2D eigenvalue weighted by molar-refractivity contribution is -0.110. The van der Waals surface area contributed by atoms with Crippen molar-refractivity contribution < 1.29 is 9.59 Å². The van der Waals surface area contributed by atoms with E-state index in [1.54, 1.807) is 29.3 Å². The Morgan fingerprint density at radius 3 is 2.77 bits per heavy atom. The predicted molar refractivity (Wildman–Crippen MR) is 115 cm³/mol. The molecule has 0 spiro atoms. The van der Waals surface area contributed by atoms with Gasteiger partial charge in [0, 0.05) is 11.6 Å². The van der Waals surface area contributed by atoms with Crippen molar-refractivity contribution in [1.82, 2.24) is 30.6 Å². The number of halogens is 1. The predicted octanol–water partition coefficient (Wildman–Crippen LogP) is 2.55. The average molecular weight is 439 g/mol. The summed E-state index contributed by atoms with van der Waals surface area (Å²) in [6.45, 7) is 2.03. The molecule has 0 fully saturated rings. The molecular weight excluding hydrogens is 420 g/mol. The van der Waals surface area contributed by atoms with Crippen molar-refractivity contribution in [1.29, 1.82) is 0 Å². The number of urea groups is 1. The number of nitrogens with one attached hydrogen (secondary N) is 3. The number of hydrogen-bond acceptors (Lipinski definition) is 5. The van der Waals surface area contributed by atoms with E-state index in [4.69, 9.17) is 11.6 Å². The zero-order valence-electron chi connectivity index (χ0n) is 16.5. The minimum atomic E-state index is -0.531. The van der Waals surface area contributed by atoms with Crippen LogP contribution in [0.4, 0.5) is 4.79 Å². The van der Waals surface area contributed by atoms with Gasteiger partial charge in [0.25, 0.3) is 5.56 Å². The Morgan fingerprint density at radius 1 is 1.29 bits per heavy atom. The Balaban J connectivity index is 1.68. The number of aromatic nitrogens is 4. The zero-order valence-corrected chi connectivity index (χ0v) is 17.3. The second-order valence-corrected chi connectivity index (χ2v) is 7.50. The molecule has 4 rings (SSSR count). The minimum Gasteiger partial charge on any atom is -0.328 e. The van der Waals surface area contributed by atoms with Crippen LogP contribution in [0, 0.1) is 0 Å². The zero-order chi connectivity index (χ0) is 22.0. The largest absolute Gasteiger partial charge is 0.328 e. The van der Waals surface area contributed by atoms with Gasteiger partial charge in [-0.25, -0.2) is 4.79 Å². The van der Waals surface area contributed by atoms with Gasteiger partial charge >= 0.3 is 6.03 Å². The van der Waals surface area contributed by atoms with E-state index in [9.17, 15) is 14.4 Å². The summed E-state index contributed by atoms with van der Waals surface area (Å²) in [6.07, 6.45) is 7.53. The number of pyridine rings is 1. The Labute approximate surface area is 181 Å². The Bertz CT molecular complexity index is 1250. The van der Waals surface area contributed by atoms with E-state index < -0.39 is 18.1 Å². The summed E-state index contributed by atoms with van der Waals surface area (Å²) in [7, 11) is 0. The summed E-state index contributed by atoms with van der Waals surface area (Å²) in [5.41, 5.74) is 1.14. The monoisotopic (exact) mass is 438 g/mol. The Hall–Kier alpha value is -3.72. The van der Waals surface area contributed by atoms with Crippen LogP contribution in [-0.4, -0.2) is 43.2 Å². The summed E-state index contributed by atoms with van der Waals surface area (Å²) in [5.74, 6) is -0.306. The fourth-order valence-electron chi connectivity index (χ4n) is 3.49. The summed E-state index contributed by atoms with van der Waals surface area (Å²) in [6, 6.07) is 5.87. The van der Waals surface area contributed by atoms with Crippen molar-refractivity contribution in [3.05, 3.63) is 81.5 Å². The number of ketones is 1. The molecule has 2 aromatic heterocycles. The molecule has 2 atom stereocenters. The van der Waals surface area contributed by atoms with E-state index >= 15 is 0 Å². The number of carbonyl (C=O) groups excluding carboxylic acids is 2. The number of benzene rings is 1. The van der Waals surface area contributed by atoms with E-state index in [1.165, 1.54) is 18.3 Å². The first-order valence-corrected chi connectivity index (χ1v) is 9.94. The molecule has 0 saturated heterocycles. The van der Waals surface area contributed by atoms with Crippen LogP contribution < -0.4 is 10.9 Å². The van der Waals surface area contributed by atoms with E-state index in [0.29, 0.717) is 11.1 Å². The first kappa shape index (κ1) is 20.5. The summed E-state index contributed by atoms with van der Waals surface area (Å²) < 4.78 is 0. The molecule has 2 amide bonds. The molecule has 0 saturated carbocycles. The number of allylic oxidation sites excluding steroid dienone is 2. The molecular formula is C21H19ClN6O3. The highest BCUT2D eigenvalue weighted by molar-refractivity contribution is 6.44. The normalized spacial score (nSPS) is 16.8. The molecule has 3 N–H and O–H groups in total. The quantitative estimate of drug-likeness (QED) is 0.564. The molecule has 1 aromatic carbocycles. The van der Waals surface area contributed by atoms with Gasteiger partial charge in [0.05, 0.1) is 29.9 Å². The number of aromatic amines is 2. The van der Waals surface area contributed by atoms with Crippen molar-refractivity contribution in [2.24, 2.45) is 0 Å². The van der Waals surface area contributed by atoms with E-state index in [2.05, 4.69) is 25.7 Å². The van der Waals surface area contributed by atoms with Gasteiger partial charge < -0.3 is 15.2 Å². The third-order valence-corrected chi connectivity index (χ3v) is 5.44. The second kappa shape index (κ2) is 8.57. The van der Waals surface area contributed by atoms with E-state index in [-0.39, 0.29) is 22.9 Å². The van der Waals surface area contributed by atoms with Crippen molar-refractivity contribution in [2.75, 3.05) is 0 Å². The highest BCUT2D eigenvalue weighted by Crippen LogP contribution is 2.27. The highest BCUT2D eigenvalue weighted by Gasteiger charge is 2.26. The number of rotatable bonds is 5. The molecule has 2 heterocycles. The van der Waals surface area contributed by atoms with Gasteiger partial charge in [-0.3, -0.25) is 9.59 Å². The number of H-pyrrole nitrogens is 2. The van der Waals surface area contributed by atoms with E-state index in [1.807, 2.05) is 19.1 Å². The summed E-state index contributed by atoms with van der Waals surface area (Å²) in [4.78, 5) is 41.3. The fourth-order valence-corrected chi connectivity index (χ4v) is 3.69. The van der Waals surface area contributed by atoms with Crippen LogP contribution in [0.1, 0.15) is 24.2 Å². The van der Waals surface area contributed by atoms with Crippen molar-refractivity contribution in [2.45, 2.75) is 25.6 Å². The number of carbonyl (C=O) groups is 2. The molecule has 1 aliphatic rings. The summed E-state index contributed by atoms with van der Waals surface area (Å²) >= 11 is 5.92. The number of fused-ring (bicyclic) bond motifs is 1. The third-order valence-electron chi connectivity index (χ3n) is 5.12. The fraction of sp³-hybridized carbons (Fsp3) is 0.190. The van der Waals surface area contributed by atoms with Crippen molar-refractivity contribution in [3.63, 3.8) is 0 Å². The Kier molecular flexibility index (Phi) is 5.68. The van der Waals surface area contributed by atoms with Crippen molar-refractivity contribution >= 4 is 34.2 Å². The molecule has 0 aliphatic heterocycles. The third kappa shape index (κ3) is 4.26. The van der Waals surface area contributed by atoms with Crippen LogP contribution in [0.2, 0.25) is 0 Å². The molecule has 31 heavy (non-hydrogen) atoms. The maximum Gasteiger partial charge on any atom is 0.318 e. The summed E-state index contributed by atoms with van der Waals surface area (Å²) in [5, 5.41) is 14.6. The van der Waals surface area contributed by atoms with Gasteiger partial charge in [0.1, 0.15) is 5.69 Å². The molecule has 10 heteroatoms. The smallest absolute Gasteiger partial charge is 0.318 e. The lowest BCUT2D eigenvalue weighted by Gasteiger charge is -2.31. The number of hydrogen-bond donors (Lipinski definition) is 3. The van der Waals surface area contributed by atoms with Gasteiger partial charge in [0.15, 0.2) is 5.78 Å². The first-order valence-electron chi connectivity index (χ1n) is 9.56. The molecule has 0 radical (unpaired) electrons. The lowest BCUT2D eigenvalue weighted by Crippen LogP contribution is -2.45. The average Bonchev–Trinajstić information content (AvgIpc) is 3.28. The minimum absolute atomic E-state index is 0.0514. The number of nitrogens with zero attached hydrogens (tertiary/aromatic N) is 3. The van der Waals surface area contributed by atoms with Gasteiger partial charge in [-0.05, 0) is 36.1 Å². The molecule has 2 unspecified atom stereocenters. The molecule has 1 aliphatic carbocycles. The highest BCUT2D eigenvalue weighted by atomic mass is 35.5. The van der Waals surface area contributed by atoms with Crippen LogP contribution in [-0.2, 0) is 11.3 Å². The maximum absolute atomic E-state index is 13.2. The molecule has 9 nitrogen and oxygen atoms in total. The van der Waals surface area contributed by atoms with Crippen LogP contribution in [0.15, 0.2) is 64.7 Å². The lowest BCUT2D eigenvalue weighted by atomic mass is 10.0. The number of amides is 2. The standard InChI is InChI=1S/C21H19ClN6O3/c1-12(17-10-23-20(30)16-5-3-2-4-15(16)17)28(11-14-9-24-27-26-14)21(31)25-13-6-7-19(29)18(22)8-13/h2-10,12-13H,11H2,1H3,(H,23,30)(H,25,31)(H,24,26,27). The topological polar surface area (TPSA) is 124 Å². The van der Waals surface area contributed by atoms with E-state index in [0.717, 1.165) is 10.9 Å². The Morgan fingerprint density at radius 2 is 2.06 bits per heavy atom. The SMILES string of the molecule is CC(c1c[nH]c(=O)c2ccccc12)N(Cc1cn[nH]n1)C(=O)NC1C=CC(=O)C(Cl)=C1. The van der Waals surface area contributed by atoms with Crippen LogP contribution >= 0.6 is 11.6 Å². The maximum atomic E-state index is 13.2. The van der Waals surface area contributed by atoms with Gasteiger partial charge in [-0.1, -0.05) is 35.9 Å². The molecule has 158 valence electrons.